The van der Waals surface area contributed by atoms with Crippen LogP contribution >= 0.6 is 0 Å². The van der Waals surface area contributed by atoms with Crippen LogP contribution in [0.4, 0.5) is 4.39 Å². The fraction of sp³-hybridized carbons (Fsp3) is 0.667. The van der Waals surface area contributed by atoms with Gasteiger partial charge in [0, 0.05) is 63.5 Å². The molecule has 1 N–H and O–H groups in total. The number of rotatable bonds is 4. The maximum atomic E-state index is 14.1. The minimum atomic E-state index is -0.372. The van der Waals surface area contributed by atoms with Crippen LogP contribution in [0, 0.1) is 5.82 Å². The van der Waals surface area contributed by atoms with E-state index in [1.165, 1.54) is 13.2 Å². The molecule has 1 aromatic rings. The molecule has 0 aromatic heterocycles. The smallest absolute Gasteiger partial charge is 0.131 e. The topological polar surface area (TPSA) is 39.2 Å². The second-order valence-electron chi connectivity index (χ2n) is 6.96. The number of likely N-dealkylation sites (N-methyl/N-ethyl adjacent to an activating group) is 1. The van der Waals surface area contributed by atoms with E-state index in [2.05, 4.69) is 21.7 Å². The summed E-state index contributed by atoms with van der Waals surface area (Å²) in [6.07, 6.45) is 0.561. The Hall–Kier alpha value is -1.21. The number of likely N-dealkylation sites (tertiary alicyclic amines) is 1. The number of piperazine rings is 1. The predicted octanol–water partition coefficient (Wildman–Crippen LogP) is 1.02. The molecule has 2 heterocycles. The van der Waals surface area contributed by atoms with E-state index in [4.69, 9.17) is 4.74 Å². The molecule has 134 valence electrons. The Morgan fingerprint density at radius 2 is 1.96 bits per heavy atom. The summed E-state index contributed by atoms with van der Waals surface area (Å²) in [6, 6.07) is 5.21. The van der Waals surface area contributed by atoms with Crippen molar-refractivity contribution in [3.8, 4) is 5.75 Å². The lowest BCUT2D eigenvalue weighted by atomic mass is 9.98. The molecule has 0 amide bonds. The Morgan fingerprint density at radius 3 is 2.58 bits per heavy atom. The van der Waals surface area contributed by atoms with Crippen LogP contribution in [0.25, 0.3) is 0 Å². The van der Waals surface area contributed by atoms with Gasteiger partial charge in [0.25, 0.3) is 0 Å². The van der Waals surface area contributed by atoms with Crippen LogP contribution in [0.2, 0.25) is 0 Å². The van der Waals surface area contributed by atoms with Gasteiger partial charge in [0.1, 0.15) is 11.6 Å². The molecule has 2 aliphatic heterocycles. The molecule has 0 unspecified atom stereocenters. The number of ether oxygens (including phenoxy) is 1. The van der Waals surface area contributed by atoms with Crippen molar-refractivity contribution in [2.75, 3.05) is 53.4 Å². The molecule has 0 spiro atoms. The fourth-order valence-corrected chi connectivity index (χ4v) is 3.73. The summed E-state index contributed by atoms with van der Waals surface area (Å²) in [5.74, 6) is 0.287. The first-order chi connectivity index (χ1) is 11.6. The minimum absolute atomic E-state index is 0.232. The van der Waals surface area contributed by atoms with Crippen LogP contribution in [0.3, 0.4) is 0 Å². The summed E-state index contributed by atoms with van der Waals surface area (Å²) >= 11 is 0. The first-order valence-electron chi connectivity index (χ1n) is 8.72. The SMILES string of the molecule is COc1ccc(CN2CC[C@@H](N3CCN(C)CC3)[C@H](O)C2)c(F)c1. The summed E-state index contributed by atoms with van der Waals surface area (Å²) in [5, 5.41) is 10.6. The summed E-state index contributed by atoms with van der Waals surface area (Å²) in [5.41, 5.74) is 0.654. The number of aliphatic hydroxyl groups is 1. The molecule has 2 aliphatic rings. The molecule has 24 heavy (non-hydrogen) atoms. The lowest BCUT2D eigenvalue weighted by Gasteiger charge is -2.44. The van der Waals surface area contributed by atoms with Crippen LogP contribution in [0.5, 0.6) is 5.75 Å². The lowest BCUT2D eigenvalue weighted by molar-refractivity contribution is -0.0288. The van der Waals surface area contributed by atoms with E-state index in [1.807, 2.05) is 0 Å². The highest BCUT2D eigenvalue weighted by Crippen LogP contribution is 2.22. The van der Waals surface area contributed by atoms with Crippen LogP contribution in [-0.4, -0.2) is 85.4 Å². The number of aliphatic hydroxyl groups excluding tert-OH is 1. The van der Waals surface area contributed by atoms with Gasteiger partial charge in [-0.25, -0.2) is 4.39 Å². The molecule has 0 saturated carbocycles. The van der Waals surface area contributed by atoms with Gasteiger partial charge in [0.2, 0.25) is 0 Å². The Labute approximate surface area is 143 Å². The predicted molar refractivity (Wildman–Crippen MR) is 91.7 cm³/mol. The summed E-state index contributed by atoms with van der Waals surface area (Å²) in [7, 11) is 3.67. The van der Waals surface area contributed by atoms with Gasteiger partial charge in [0.05, 0.1) is 13.2 Å². The maximum absolute atomic E-state index is 14.1. The van der Waals surface area contributed by atoms with E-state index in [1.54, 1.807) is 12.1 Å². The monoisotopic (exact) mass is 337 g/mol. The third kappa shape index (κ3) is 4.06. The lowest BCUT2D eigenvalue weighted by Crippen LogP contribution is -2.58. The summed E-state index contributed by atoms with van der Waals surface area (Å²) < 4.78 is 19.2. The number of methoxy groups -OCH3 is 1. The van der Waals surface area contributed by atoms with Crippen LogP contribution in [-0.2, 0) is 6.54 Å². The number of nitrogens with zero attached hydrogens (tertiary/aromatic N) is 3. The second kappa shape index (κ2) is 7.78. The minimum Gasteiger partial charge on any atom is -0.497 e. The molecule has 1 aromatic carbocycles. The molecule has 2 saturated heterocycles. The summed E-state index contributed by atoms with van der Waals surface area (Å²) in [6.45, 7) is 6.18. The molecule has 0 aliphatic carbocycles. The maximum Gasteiger partial charge on any atom is 0.131 e. The number of hydrogen-bond acceptors (Lipinski definition) is 5. The largest absolute Gasteiger partial charge is 0.497 e. The van der Waals surface area contributed by atoms with Gasteiger partial charge in [0.15, 0.2) is 0 Å². The van der Waals surface area contributed by atoms with Gasteiger partial charge in [-0.3, -0.25) is 9.80 Å². The Kier molecular flexibility index (Phi) is 5.71. The van der Waals surface area contributed by atoms with Crippen LogP contribution < -0.4 is 4.74 Å². The van der Waals surface area contributed by atoms with E-state index < -0.39 is 0 Å². The van der Waals surface area contributed by atoms with Crippen molar-refractivity contribution in [1.82, 2.24) is 14.7 Å². The molecule has 0 bridgehead atoms. The number of β-amino-alcohol motifs (C(OH)–C–C–N with tert-alkyl or cyclic N) is 1. The molecule has 5 nitrogen and oxygen atoms in total. The third-order valence-electron chi connectivity index (χ3n) is 5.29. The van der Waals surface area contributed by atoms with Crippen molar-refractivity contribution in [2.24, 2.45) is 0 Å². The van der Waals surface area contributed by atoms with Gasteiger partial charge >= 0.3 is 0 Å². The highest BCUT2D eigenvalue weighted by Gasteiger charge is 2.33. The van der Waals surface area contributed by atoms with Gasteiger partial charge in [-0.15, -0.1) is 0 Å². The normalized spacial score (nSPS) is 27.3. The Balaban J connectivity index is 1.55. The number of hydrogen-bond donors (Lipinski definition) is 1. The molecular formula is C18H28FN3O2. The Morgan fingerprint density at radius 1 is 1.21 bits per heavy atom. The summed E-state index contributed by atoms with van der Waals surface area (Å²) in [4.78, 5) is 6.88. The van der Waals surface area contributed by atoms with E-state index in [-0.39, 0.29) is 18.0 Å². The van der Waals surface area contributed by atoms with Gasteiger partial charge in [-0.05, 0) is 19.5 Å². The van der Waals surface area contributed by atoms with Gasteiger partial charge in [-0.1, -0.05) is 6.07 Å². The third-order valence-corrected chi connectivity index (χ3v) is 5.29. The van der Waals surface area contributed by atoms with E-state index >= 15 is 0 Å². The molecule has 0 radical (unpaired) electrons. The van der Waals surface area contributed by atoms with Crippen molar-refractivity contribution in [3.63, 3.8) is 0 Å². The zero-order chi connectivity index (χ0) is 17.1. The average molecular weight is 337 g/mol. The van der Waals surface area contributed by atoms with Gasteiger partial charge in [-0.2, -0.15) is 0 Å². The van der Waals surface area contributed by atoms with Crippen LogP contribution in [0.15, 0.2) is 18.2 Å². The first-order valence-corrected chi connectivity index (χ1v) is 8.72. The standard InChI is InChI=1S/C18H28FN3O2/c1-20-7-9-22(10-8-20)17-5-6-21(13-18(17)23)12-14-3-4-15(24-2)11-16(14)19/h3-4,11,17-18,23H,5-10,12-13H2,1-2H3/t17-,18-/m1/s1. The van der Waals surface area contributed by atoms with Gasteiger partial charge < -0.3 is 14.7 Å². The zero-order valence-electron chi connectivity index (χ0n) is 14.6. The fourth-order valence-electron chi connectivity index (χ4n) is 3.73. The van der Waals surface area contributed by atoms with Crippen molar-refractivity contribution >= 4 is 0 Å². The average Bonchev–Trinajstić information content (AvgIpc) is 2.58. The van der Waals surface area contributed by atoms with E-state index in [9.17, 15) is 9.50 Å². The van der Waals surface area contributed by atoms with Crippen LogP contribution in [0.1, 0.15) is 12.0 Å². The zero-order valence-corrected chi connectivity index (χ0v) is 14.6. The van der Waals surface area contributed by atoms with Crippen molar-refractivity contribution in [2.45, 2.75) is 25.1 Å². The highest BCUT2D eigenvalue weighted by atomic mass is 19.1. The molecule has 2 atom stereocenters. The number of halogens is 1. The molecule has 3 rings (SSSR count). The van der Waals surface area contributed by atoms with E-state index in [0.717, 1.165) is 39.1 Å². The second-order valence-corrected chi connectivity index (χ2v) is 6.96. The molecule has 6 heteroatoms. The van der Waals surface area contributed by atoms with Crippen molar-refractivity contribution in [3.05, 3.63) is 29.6 Å². The highest BCUT2D eigenvalue weighted by molar-refractivity contribution is 5.28. The van der Waals surface area contributed by atoms with Crippen molar-refractivity contribution in [1.29, 1.82) is 0 Å². The van der Waals surface area contributed by atoms with E-state index in [0.29, 0.717) is 24.4 Å². The Bertz CT molecular complexity index is 549. The quantitative estimate of drug-likeness (QED) is 0.888. The molecular weight excluding hydrogens is 309 g/mol. The molecule has 2 fully saturated rings. The first kappa shape index (κ1) is 17.6. The number of benzene rings is 1. The van der Waals surface area contributed by atoms with Crippen molar-refractivity contribution < 1.29 is 14.2 Å². The number of piperidine rings is 1.